The first-order chi connectivity index (χ1) is 14.1. The highest BCUT2D eigenvalue weighted by Crippen LogP contribution is 2.38. The van der Waals surface area contributed by atoms with Crippen molar-refractivity contribution in [2.75, 3.05) is 47.5 Å². The Morgan fingerprint density at radius 1 is 1.00 bits per heavy atom. The second-order valence-electron chi connectivity index (χ2n) is 7.40. The molecule has 0 amide bonds. The highest BCUT2D eigenvalue weighted by molar-refractivity contribution is 5.53. The molecule has 2 aromatic rings. The molecule has 2 N–H and O–H groups in total. The van der Waals surface area contributed by atoms with Gasteiger partial charge in [-0.1, -0.05) is 12.1 Å². The van der Waals surface area contributed by atoms with E-state index in [1.54, 1.807) is 33.5 Å². The molecule has 0 unspecified atom stereocenters. The number of rotatable bonds is 9. The fourth-order valence-electron chi connectivity index (χ4n) is 3.97. The van der Waals surface area contributed by atoms with Crippen LogP contribution < -0.4 is 19.5 Å². The van der Waals surface area contributed by atoms with Crippen LogP contribution in [-0.4, -0.2) is 63.6 Å². The van der Waals surface area contributed by atoms with E-state index in [9.17, 15) is 5.11 Å². The van der Waals surface area contributed by atoms with E-state index in [0.29, 0.717) is 29.0 Å². The quantitative estimate of drug-likeness (QED) is 0.675. The van der Waals surface area contributed by atoms with E-state index in [1.807, 2.05) is 24.3 Å². The maximum atomic E-state index is 9.50. The number of nitrogens with one attached hydrogen (secondary N) is 1. The number of nitrogens with zero attached hydrogens (tertiary/aromatic N) is 1. The molecular formula is C23H32N2O4. The van der Waals surface area contributed by atoms with Crippen molar-refractivity contribution in [3.8, 4) is 23.0 Å². The lowest BCUT2D eigenvalue weighted by Crippen LogP contribution is -2.52. The highest BCUT2D eigenvalue weighted by Gasteiger charge is 2.22. The smallest absolute Gasteiger partial charge is 0.203 e. The van der Waals surface area contributed by atoms with Gasteiger partial charge < -0.3 is 24.6 Å². The van der Waals surface area contributed by atoms with Crippen molar-refractivity contribution >= 4 is 0 Å². The van der Waals surface area contributed by atoms with Gasteiger partial charge in [0.15, 0.2) is 11.5 Å². The molecule has 1 saturated heterocycles. The van der Waals surface area contributed by atoms with Gasteiger partial charge >= 0.3 is 0 Å². The van der Waals surface area contributed by atoms with Crippen LogP contribution in [0, 0.1) is 0 Å². The molecule has 0 aliphatic carbocycles. The van der Waals surface area contributed by atoms with Gasteiger partial charge in [-0.15, -0.1) is 0 Å². The lowest BCUT2D eigenvalue weighted by atomic mass is 10.0. The van der Waals surface area contributed by atoms with Gasteiger partial charge in [-0.25, -0.2) is 0 Å². The number of phenolic OH excluding ortho intramolecular Hbond substituents is 1. The normalized spacial score (nSPS) is 17.1. The van der Waals surface area contributed by atoms with Crippen LogP contribution in [0.4, 0.5) is 0 Å². The van der Waals surface area contributed by atoms with Gasteiger partial charge in [0.2, 0.25) is 5.75 Å². The number of ether oxygens (including phenoxy) is 3. The monoisotopic (exact) mass is 400 g/mol. The summed E-state index contributed by atoms with van der Waals surface area (Å²) in [5.74, 6) is 2.36. The molecule has 29 heavy (non-hydrogen) atoms. The number of hydrogen-bond acceptors (Lipinski definition) is 6. The summed E-state index contributed by atoms with van der Waals surface area (Å²) in [6, 6.07) is 12.1. The summed E-state index contributed by atoms with van der Waals surface area (Å²) in [6.07, 6.45) is 2.99. The van der Waals surface area contributed by atoms with Crippen LogP contribution in [0.5, 0.6) is 23.0 Å². The number of benzene rings is 2. The number of piperazine rings is 1. The zero-order chi connectivity index (χ0) is 20.6. The van der Waals surface area contributed by atoms with Crippen LogP contribution in [0.3, 0.4) is 0 Å². The van der Waals surface area contributed by atoms with Gasteiger partial charge in [0.05, 0.1) is 21.3 Å². The summed E-state index contributed by atoms with van der Waals surface area (Å²) < 4.78 is 16.3. The minimum absolute atomic E-state index is 0.317. The molecule has 1 aliphatic heterocycles. The summed E-state index contributed by atoms with van der Waals surface area (Å²) in [6.45, 7) is 4.11. The van der Waals surface area contributed by atoms with Crippen molar-refractivity contribution < 1.29 is 19.3 Å². The molecule has 0 saturated carbocycles. The fraction of sp³-hybridized carbons (Fsp3) is 0.478. The van der Waals surface area contributed by atoms with Crippen LogP contribution in [0.25, 0.3) is 0 Å². The zero-order valence-electron chi connectivity index (χ0n) is 17.6. The molecule has 2 aromatic carbocycles. The fourth-order valence-corrected chi connectivity index (χ4v) is 3.97. The third-order valence-corrected chi connectivity index (χ3v) is 5.52. The second-order valence-corrected chi connectivity index (χ2v) is 7.40. The predicted molar refractivity (Wildman–Crippen MR) is 114 cm³/mol. The van der Waals surface area contributed by atoms with Gasteiger partial charge in [0.25, 0.3) is 0 Å². The maximum Gasteiger partial charge on any atom is 0.203 e. The van der Waals surface area contributed by atoms with Gasteiger partial charge in [-0.3, -0.25) is 4.90 Å². The molecule has 6 heteroatoms. The molecule has 1 heterocycles. The average Bonchev–Trinajstić information content (AvgIpc) is 2.75. The molecule has 0 bridgehead atoms. The van der Waals surface area contributed by atoms with Crippen LogP contribution in [0.2, 0.25) is 0 Å². The standard InChI is InChI=1S/C23H32N2O4/c1-27-21-14-18(15-22(28-2)23(21)29-3)5-4-11-25-12-10-24-16-19(25)13-17-6-8-20(26)9-7-17/h6-9,14-15,19,24,26H,4-5,10-13,16H2,1-3H3/t19-/m1/s1. The van der Waals surface area contributed by atoms with E-state index < -0.39 is 0 Å². The van der Waals surface area contributed by atoms with Crippen molar-refractivity contribution in [2.24, 2.45) is 0 Å². The SMILES string of the molecule is COc1cc(CCCN2CCNC[C@H]2Cc2ccc(O)cc2)cc(OC)c1OC. The van der Waals surface area contributed by atoms with Crippen molar-refractivity contribution in [3.05, 3.63) is 47.5 Å². The molecule has 3 rings (SSSR count). The minimum atomic E-state index is 0.317. The summed E-state index contributed by atoms with van der Waals surface area (Å²) in [7, 11) is 4.92. The Balaban J connectivity index is 1.60. The predicted octanol–water partition coefficient (Wildman–Crippen LogP) is 2.87. The Labute approximate surface area is 173 Å². The Kier molecular flexibility index (Phi) is 7.61. The molecule has 1 atom stereocenters. The lowest BCUT2D eigenvalue weighted by molar-refractivity contribution is 0.158. The van der Waals surface area contributed by atoms with Gasteiger partial charge in [0.1, 0.15) is 5.75 Å². The average molecular weight is 401 g/mol. The number of hydrogen-bond donors (Lipinski definition) is 2. The van der Waals surface area contributed by atoms with E-state index in [4.69, 9.17) is 14.2 Å². The summed E-state index contributed by atoms with van der Waals surface area (Å²) >= 11 is 0. The van der Waals surface area contributed by atoms with Crippen LogP contribution in [0.15, 0.2) is 36.4 Å². The first-order valence-corrected chi connectivity index (χ1v) is 10.2. The maximum absolute atomic E-state index is 9.50. The van der Waals surface area contributed by atoms with Crippen molar-refractivity contribution in [1.82, 2.24) is 10.2 Å². The van der Waals surface area contributed by atoms with E-state index in [1.165, 1.54) is 11.1 Å². The Hall–Kier alpha value is -2.44. The first kappa shape index (κ1) is 21.3. The number of aromatic hydroxyl groups is 1. The number of methoxy groups -OCH3 is 3. The number of phenols is 1. The molecule has 0 spiro atoms. The van der Waals surface area contributed by atoms with E-state index >= 15 is 0 Å². The third-order valence-electron chi connectivity index (χ3n) is 5.52. The number of aryl methyl sites for hydroxylation is 1. The van der Waals surface area contributed by atoms with Crippen molar-refractivity contribution in [2.45, 2.75) is 25.3 Å². The topological polar surface area (TPSA) is 63.2 Å². The highest BCUT2D eigenvalue weighted by atomic mass is 16.5. The van der Waals surface area contributed by atoms with Gasteiger partial charge in [0, 0.05) is 25.7 Å². The Morgan fingerprint density at radius 3 is 2.31 bits per heavy atom. The van der Waals surface area contributed by atoms with Crippen LogP contribution in [0.1, 0.15) is 17.5 Å². The van der Waals surface area contributed by atoms with Crippen LogP contribution >= 0.6 is 0 Å². The molecule has 6 nitrogen and oxygen atoms in total. The zero-order valence-corrected chi connectivity index (χ0v) is 17.6. The summed E-state index contributed by atoms with van der Waals surface area (Å²) in [4.78, 5) is 2.57. The minimum Gasteiger partial charge on any atom is -0.508 e. The summed E-state index contributed by atoms with van der Waals surface area (Å²) in [5.41, 5.74) is 2.44. The molecule has 0 radical (unpaired) electrons. The van der Waals surface area contributed by atoms with Gasteiger partial charge in [-0.2, -0.15) is 0 Å². The second kappa shape index (κ2) is 10.4. The Morgan fingerprint density at radius 2 is 1.69 bits per heavy atom. The molecule has 1 aliphatic rings. The third kappa shape index (κ3) is 5.55. The molecule has 1 fully saturated rings. The van der Waals surface area contributed by atoms with E-state index in [2.05, 4.69) is 10.2 Å². The van der Waals surface area contributed by atoms with Crippen molar-refractivity contribution in [3.63, 3.8) is 0 Å². The lowest BCUT2D eigenvalue weighted by Gasteiger charge is -2.36. The largest absolute Gasteiger partial charge is 0.508 e. The van der Waals surface area contributed by atoms with Gasteiger partial charge in [-0.05, 0) is 61.2 Å². The first-order valence-electron chi connectivity index (χ1n) is 10.2. The van der Waals surface area contributed by atoms with Crippen molar-refractivity contribution in [1.29, 1.82) is 0 Å². The van der Waals surface area contributed by atoms with E-state index in [0.717, 1.165) is 45.4 Å². The van der Waals surface area contributed by atoms with E-state index in [-0.39, 0.29) is 0 Å². The molecular weight excluding hydrogens is 368 g/mol. The summed E-state index contributed by atoms with van der Waals surface area (Å²) in [5, 5.41) is 13.0. The Bertz CT molecular complexity index is 754. The molecule has 158 valence electrons. The molecule has 0 aromatic heterocycles. The van der Waals surface area contributed by atoms with Crippen LogP contribution in [-0.2, 0) is 12.8 Å².